The van der Waals surface area contributed by atoms with E-state index in [0.29, 0.717) is 0 Å². The van der Waals surface area contributed by atoms with Crippen LogP contribution in [-0.4, -0.2) is 30.6 Å². The standard InChI is InChI=1S/C18H29FN2/c1-14-9-10-16(19)15(13-14)17(20-4)18(2,3)21-11-7-5-6-8-12-21/h9-10,13,17,20H,5-8,11-12H2,1-4H3. The molecule has 1 aliphatic heterocycles. The molecular weight excluding hydrogens is 263 g/mol. The lowest BCUT2D eigenvalue weighted by atomic mass is 9.85. The van der Waals surface area contributed by atoms with Gasteiger partial charge in [0.05, 0.1) is 6.04 Å². The lowest BCUT2D eigenvalue weighted by Gasteiger charge is -2.44. The van der Waals surface area contributed by atoms with Crippen LogP contribution in [0.3, 0.4) is 0 Å². The summed E-state index contributed by atoms with van der Waals surface area (Å²) >= 11 is 0. The van der Waals surface area contributed by atoms with Crippen molar-refractivity contribution in [3.63, 3.8) is 0 Å². The Morgan fingerprint density at radius 3 is 2.33 bits per heavy atom. The monoisotopic (exact) mass is 292 g/mol. The van der Waals surface area contributed by atoms with Crippen LogP contribution in [0.25, 0.3) is 0 Å². The molecule has 0 bridgehead atoms. The highest BCUT2D eigenvalue weighted by atomic mass is 19.1. The molecule has 1 fully saturated rings. The summed E-state index contributed by atoms with van der Waals surface area (Å²) in [6.07, 6.45) is 5.12. The van der Waals surface area contributed by atoms with E-state index in [1.807, 2.05) is 26.1 Å². The van der Waals surface area contributed by atoms with Crippen molar-refractivity contribution in [1.29, 1.82) is 0 Å². The number of rotatable bonds is 4. The van der Waals surface area contributed by atoms with Crippen molar-refractivity contribution in [2.75, 3.05) is 20.1 Å². The molecule has 0 aliphatic carbocycles. The van der Waals surface area contributed by atoms with Gasteiger partial charge in [0.1, 0.15) is 5.82 Å². The molecule has 1 aliphatic rings. The highest BCUT2D eigenvalue weighted by Gasteiger charge is 2.36. The van der Waals surface area contributed by atoms with Crippen LogP contribution in [0.4, 0.5) is 4.39 Å². The van der Waals surface area contributed by atoms with E-state index in [9.17, 15) is 4.39 Å². The average Bonchev–Trinajstić information content (AvgIpc) is 2.72. The van der Waals surface area contributed by atoms with Gasteiger partial charge in [-0.05, 0) is 59.8 Å². The number of aryl methyl sites for hydroxylation is 1. The lowest BCUT2D eigenvalue weighted by Crippen LogP contribution is -2.52. The third-order valence-corrected chi connectivity index (χ3v) is 4.88. The van der Waals surface area contributed by atoms with Gasteiger partial charge < -0.3 is 5.32 Å². The number of halogens is 1. The fraction of sp³-hybridized carbons (Fsp3) is 0.667. The zero-order valence-corrected chi connectivity index (χ0v) is 13.9. The van der Waals surface area contributed by atoms with Gasteiger partial charge in [0, 0.05) is 11.1 Å². The van der Waals surface area contributed by atoms with E-state index in [4.69, 9.17) is 0 Å². The average molecular weight is 292 g/mol. The molecule has 2 rings (SSSR count). The van der Waals surface area contributed by atoms with Crippen molar-refractivity contribution in [3.8, 4) is 0 Å². The van der Waals surface area contributed by atoms with Gasteiger partial charge in [0.15, 0.2) is 0 Å². The number of hydrogen-bond acceptors (Lipinski definition) is 2. The van der Waals surface area contributed by atoms with E-state index in [1.165, 1.54) is 25.7 Å². The number of benzene rings is 1. The molecule has 1 aromatic rings. The molecule has 3 heteroatoms. The summed E-state index contributed by atoms with van der Waals surface area (Å²) in [6, 6.07) is 5.41. The molecule has 0 saturated carbocycles. The molecule has 0 aromatic heterocycles. The number of nitrogens with one attached hydrogen (secondary N) is 1. The summed E-state index contributed by atoms with van der Waals surface area (Å²) < 4.78 is 14.3. The zero-order valence-electron chi connectivity index (χ0n) is 13.9. The van der Waals surface area contributed by atoms with Crippen LogP contribution in [0, 0.1) is 12.7 Å². The molecule has 0 amide bonds. The Balaban J connectivity index is 2.31. The molecule has 2 nitrogen and oxygen atoms in total. The van der Waals surface area contributed by atoms with Crippen molar-refractivity contribution in [2.24, 2.45) is 0 Å². The van der Waals surface area contributed by atoms with Crippen LogP contribution < -0.4 is 5.32 Å². The zero-order chi connectivity index (χ0) is 15.5. The molecule has 1 saturated heterocycles. The minimum absolute atomic E-state index is 0.00417. The van der Waals surface area contributed by atoms with E-state index in [0.717, 1.165) is 24.2 Å². The van der Waals surface area contributed by atoms with Gasteiger partial charge in [-0.3, -0.25) is 4.90 Å². The predicted octanol–water partition coefficient (Wildman–Crippen LogP) is 4.05. The number of hydrogen-bond donors (Lipinski definition) is 1. The maximum Gasteiger partial charge on any atom is 0.128 e. The third kappa shape index (κ3) is 3.64. The van der Waals surface area contributed by atoms with Gasteiger partial charge in [-0.1, -0.05) is 30.5 Å². The van der Waals surface area contributed by atoms with Crippen molar-refractivity contribution < 1.29 is 4.39 Å². The van der Waals surface area contributed by atoms with Crippen LogP contribution in [0.5, 0.6) is 0 Å². The first-order valence-electron chi connectivity index (χ1n) is 8.15. The van der Waals surface area contributed by atoms with E-state index in [-0.39, 0.29) is 17.4 Å². The summed E-state index contributed by atoms with van der Waals surface area (Å²) in [7, 11) is 1.94. The van der Waals surface area contributed by atoms with Crippen molar-refractivity contribution in [3.05, 3.63) is 35.1 Å². The minimum Gasteiger partial charge on any atom is -0.311 e. The second-order valence-corrected chi connectivity index (χ2v) is 6.80. The van der Waals surface area contributed by atoms with Gasteiger partial charge in [-0.15, -0.1) is 0 Å². The second-order valence-electron chi connectivity index (χ2n) is 6.80. The molecule has 1 N–H and O–H groups in total. The van der Waals surface area contributed by atoms with Crippen molar-refractivity contribution in [2.45, 2.75) is 58.0 Å². The Morgan fingerprint density at radius 1 is 1.14 bits per heavy atom. The van der Waals surface area contributed by atoms with Gasteiger partial charge in [0.25, 0.3) is 0 Å². The van der Waals surface area contributed by atoms with Crippen molar-refractivity contribution >= 4 is 0 Å². The maximum absolute atomic E-state index is 14.3. The fourth-order valence-electron chi connectivity index (χ4n) is 3.60. The van der Waals surface area contributed by atoms with Gasteiger partial charge in [-0.2, -0.15) is 0 Å². The van der Waals surface area contributed by atoms with Crippen LogP contribution in [0.2, 0.25) is 0 Å². The van der Waals surface area contributed by atoms with Crippen LogP contribution >= 0.6 is 0 Å². The second kappa shape index (κ2) is 6.89. The third-order valence-electron chi connectivity index (χ3n) is 4.88. The minimum atomic E-state index is -0.108. The summed E-state index contributed by atoms with van der Waals surface area (Å²) in [5.74, 6) is -0.108. The molecular formula is C18H29FN2. The van der Waals surface area contributed by atoms with E-state index < -0.39 is 0 Å². The number of likely N-dealkylation sites (tertiary alicyclic amines) is 1. The van der Waals surface area contributed by atoms with E-state index in [1.54, 1.807) is 6.07 Å². The highest BCUT2D eigenvalue weighted by molar-refractivity contribution is 5.29. The molecule has 0 radical (unpaired) electrons. The van der Waals surface area contributed by atoms with E-state index >= 15 is 0 Å². The maximum atomic E-state index is 14.3. The summed E-state index contributed by atoms with van der Waals surface area (Å²) in [6.45, 7) is 8.72. The quantitative estimate of drug-likeness (QED) is 0.900. The van der Waals surface area contributed by atoms with Gasteiger partial charge in [0.2, 0.25) is 0 Å². The molecule has 1 atom stereocenters. The summed E-state index contributed by atoms with van der Waals surface area (Å²) in [5.41, 5.74) is 1.79. The van der Waals surface area contributed by atoms with Gasteiger partial charge in [-0.25, -0.2) is 4.39 Å². The van der Waals surface area contributed by atoms with Crippen LogP contribution in [0.1, 0.15) is 56.7 Å². The summed E-state index contributed by atoms with van der Waals surface area (Å²) in [4.78, 5) is 2.53. The molecule has 1 aromatic carbocycles. The summed E-state index contributed by atoms with van der Waals surface area (Å²) in [5, 5.41) is 3.36. The fourth-order valence-corrected chi connectivity index (χ4v) is 3.60. The Labute approximate surface area is 128 Å². The highest BCUT2D eigenvalue weighted by Crippen LogP contribution is 2.34. The van der Waals surface area contributed by atoms with Crippen LogP contribution in [-0.2, 0) is 0 Å². The first-order valence-corrected chi connectivity index (χ1v) is 8.15. The molecule has 118 valence electrons. The molecule has 0 spiro atoms. The van der Waals surface area contributed by atoms with Crippen LogP contribution in [0.15, 0.2) is 18.2 Å². The Kier molecular flexibility index (Phi) is 5.39. The first kappa shape index (κ1) is 16.4. The molecule has 21 heavy (non-hydrogen) atoms. The largest absolute Gasteiger partial charge is 0.311 e. The molecule has 1 heterocycles. The SMILES string of the molecule is CNC(c1cc(C)ccc1F)C(C)(C)N1CCCCCC1. The van der Waals surface area contributed by atoms with E-state index in [2.05, 4.69) is 24.1 Å². The Hall–Kier alpha value is -0.930. The van der Waals surface area contributed by atoms with Crippen molar-refractivity contribution in [1.82, 2.24) is 10.2 Å². The topological polar surface area (TPSA) is 15.3 Å². The number of nitrogens with zero attached hydrogens (tertiary/aromatic N) is 1. The normalized spacial score (nSPS) is 19.3. The number of likely N-dealkylation sites (N-methyl/N-ethyl adjacent to an activating group) is 1. The van der Waals surface area contributed by atoms with Gasteiger partial charge >= 0.3 is 0 Å². The Bertz CT molecular complexity index is 462. The smallest absolute Gasteiger partial charge is 0.128 e. The predicted molar refractivity (Wildman–Crippen MR) is 87.1 cm³/mol. The lowest BCUT2D eigenvalue weighted by molar-refractivity contribution is 0.0850. The molecule has 1 unspecified atom stereocenters. The Morgan fingerprint density at radius 2 is 1.76 bits per heavy atom. The first-order chi connectivity index (χ1) is 9.96.